The second-order valence-electron chi connectivity index (χ2n) is 24.7. The number of rotatable bonds is 36. The molecule has 0 spiro atoms. The molecule has 3 aromatic carbocycles. The summed E-state index contributed by atoms with van der Waals surface area (Å²) < 4.78 is 0. The van der Waals surface area contributed by atoms with Crippen LogP contribution in [0.3, 0.4) is 0 Å². The minimum absolute atomic E-state index is 0.0335. The zero-order valence-electron chi connectivity index (χ0n) is 55.3. The van der Waals surface area contributed by atoms with Gasteiger partial charge in [0.15, 0.2) is 5.96 Å². The molecule has 97 heavy (non-hydrogen) atoms. The van der Waals surface area contributed by atoms with E-state index in [0.717, 1.165) is 10.9 Å². The van der Waals surface area contributed by atoms with Crippen molar-refractivity contribution in [1.82, 2.24) is 63.1 Å². The number of nitrogens with one attached hydrogen (secondary N) is 11. The van der Waals surface area contributed by atoms with Crippen molar-refractivity contribution in [3.05, 3.63) is 95.7 Å². The van der Waals surface area contributed by atoms with Crippen molar-refractivity contribution < 1.29 is 78.0 Å². The predicted octanol–water partition coefficient (Wildman–Crippen LogP) is -2.70. The monoisotopic (exact) mass is 1350 g/mol. The van der Waals surface area contributed by atoms with Crippen molar-refractivity contribution in [3.8, 4) is 11.5 Å². The van der Waals surface area contributed by atoms with Gasteiger partial charge in [-0.25, -0.2) is 4.79 Å². The fourth-order valence-electron chi connectivity index (χ4n) is 10.5. The molecule has 11 amide bonds. The molecule has 4 aromatic rings. The number of carbonyl (C=O) groups is 12. The largest absolute Gasteiger partial charge is 0.508 e. The van der Waals surface area contributed by atoms with E-state index in [1.54, 1.807) is 40.0 Å². The molecule has 32 heteroatoms. The lowest BCUT2D eigenvalue weighted by atomic mass is 10.00. The number of aliphatic carboxylic acids is 1. The van der Waals surface area contributed by atoms with E-state index in [2.05, 4.69) is 63.1 Å². The number of para-hydroxylation sites is 1. The predicted molar refractivity (Wildman–Crippen MR) is 355 cm³/mol. The third-order valence-corrected chi connectivity index (χ3v) is 15.9. The molecule has 5 rings (SSSR count). The lowest BCUT2D eigenvalue weighted by Crippen LogP contribution is -2.60. The Balaban J connectivity index is 1.19. The number of nitrogens with two attached hydrogens (primary N) is 3. The summed E-state index contributed by atoms with van der Waals surface area (Å²) in [6, 6.07) is 4.43. The first-order chi connectivity index (χ1) is 45.8. The molecule has 528 valence electrons. The number of likely N-dealkylation sites (tertiary alicyclic amines) is 1. The van der Waals surface area contributed by atoms with Crippen LogP contribution in [0.25, 0.3) is 10.9 Å². The van der Waals surface area contributed by atoms with Crippen molar-refractivity contribution in [3.63, 3.8) is 0 Å². The SMILES string of the molecule is CC(C)C[C@H](NC(=O)[C@H](Cc1c[nH]c2ccccc12)NC(=O)[C@@H](N)CO)C(=O)N[C@@H](C)C(=O)N[C@@H](Cc1ccc(O)cc1)C(=O)N1CCC[C@H]1C(=O)NCC(=O)N[C@@H](C)C(=O)N[C@H](C(=O)N[C@@H](C)C(=O)N[C@@H](Cc1ccc(O)cc1)C(=O)N[C@@H](CCCN=C(N)N)C(=O)O)C(C)C. The topological polar surface area (TPSA) is 516 Å². The minimum Gasteiger partial charge on any atom is -0.508 e. The maximum atomic E-state index is 14.6. The zero-order valence-corrected chi connectivity index (χ0v) is 55.3. The highest BCUT2D eigenvalue weighted by atomic mass is 16.4. The number of aromatic nitrogens is 1. The summed E-state index contributed by atoms with van der Waals surface area (Å²) in [5.74, 6) is -11.3. The number of hydrogen-bond acceptors (Lipinski definition) is 17. The number of carbonyl (C=O) groups excluding carboxylic acids is 11. The molecule has 1 aromatic heterocycles. The van der Waals surface area contributed by atoms with Gasteiger partial charge < -0.3 is 101 Å². The van der Waals surface area contributed by atoms with Gasteiger partial charge in [-0.15, -0.1) is 0 Å². The smallest absolute Gasteiger partial charge is 0.326 e. The van der Waals surface area contributed by atoms with Gasteiger partial charge in [0.05, 0.1) is 13.2 Å². The number of aromatic amines is 1. The van der Waals surface area contributed by atoms with Gasteiger partial charge in [0.2, 0.25) is 65.0 Å². The van der Waals surface area contributed by atoms with Crippen LogP contribution in [0.1, 0.15) is 97.3 Å². The molecular weight excluding hydrogens is 1260 g/mol. The van der Waals surface area contributed by atoms with Crippen LogP contribution in [-0.2, 0) is 76.8 Å². The number of hydrogen-bond donors (Lipinski definition) is 18. The second kappa shape index (κ2) is 37.1. The van der Waals surface area contributed by atoms with E-state index in [1.807, 2.05) is 18.2 Å². The number of aromatic hydroxyl groups is 2. The molecular formula is C65H92N16O16. The van der Waals surface area contributed by atoms with E-state index in [-0.39, 0.29) is 81.4 Å². The van der Waals surface area contributed by atoms with Crippen LogP contribution in [-0.4, -0.2) is 200 Å². The Morgan fingerprint density at radius 3 is 1.67 bits per heavy atom. The Bertz CT molecular complexity index is 3450. The molecule has 0 unspecified atom stereocenters. The lowest BCUT2D eigenvalue weighted by molar-refractivity contribution is -0.142. The highest BCUT2D eigenvalue weighted by molar-refractivity contribution is 5.99. The Kier molecular flexibility index (Phi) is 29.6. The van der Waals surface area contributed by atoms with Crippen LogP contribution >= 0.6 is 0 Å². The number of H-pyrrole nitrogens is 1. The van der Waals surface area contributed by atoms with Gasteiger partial charge in [0.1, 0.15) is 78.0 Å². The first-order valence-electron chi connectivity index (χ1n) is 31.9. The molecule has 32 nitrogen and oxygen atoms in total. The summed E-state index contributed by atoms with van der Waals surface area (Å²) in [4.78, 5) is 172. The number of aliphatic hydroxyl groups is 1. The maximum Gasteiger partial charge on any atom is 0.326 e. The van der Waals surface area contributed by atoms with Crippen molar-refractivity contribution >= 4 is 87.8 Å². The van der Waals surface area contributed by atoms with E-state index in [9.17, 15) is 78.0 Å². The van der Waals surface area contributed by atoms with Crippen LogP contribution in [0.15, 0.2) is 84.0 Å². The molecule has 2 heterocycles. The Morgan fingerprint density at radius 2 is 1.10 bits per heavy atom. The fraction of sp³-hybridized carbons (Fsp3) is 0.492. The lowest BCUT2D eigenvalue weighted by Gasteiger charge is -2.30. The van der Waals surface area contributed by atoms with Gasteiger partial charge in [-0.1, -0.05) is 70.2 Å². The van der Waals surface area contributed by atoms with E-state index in [4.69, 9.17) is 17.2 Å². The molecule has 0 radical (unpaired) electrons. The number of amides is 11. The van der Waals surface area contributed by atoms with E-state index in [1.165, 1.54) is 74.2 Å². The summed E-state index contributed by atoms with van der Waals surface area (Å²) in [6.45, 7) is 9.59. The number of benzene rings is 3. The molecule has 11 atom stereocenters. The number of phenols is 2. The van der Waals surface area contributed by atoms with Crippen molar-refractivity contribution in [2.45, 2.75) is 166 Å². The molecule has 1 fully saturated rings. The molecule has 21 N–H and O–H groups in total. The fourth-order valence-corrected chi connectivity index (χ4v) is 10.5. The third kappa shape index (κ3) is 24.1. The highest BCUT2D eigenvalue weighted by Gasteiger charge is 2.40. The summed E-state index contributed by atoms with van der Waals surface area (Å²) in [5.41, 5.74) is 18.9. The van der Waals surface area contributed by atoms with Crippen LogP contribution < -0.4 is 70.4 Å². The van der Waals surface area contributed by atoms with Crippen molar-refractivity contribution in [2.24, 2.45) is 34.0 Å². The number of carboxylic acid groups (broad SMARTS) is 1. The number of nitrogens with zero attached hydrogens (tertiary/aromatic N) is 2. The molecule has 0 bridgehead atoms. The number of phenolic OH excluding ortho intramolecular Hbond substituents is 2. The van der Waals surface area contributed by atoms with Crippen LogP contribution in [0, 0.1) is 11.8 Å². The van der Waals surface area contributed by atoms with Gasteiger partial charge in [-0.05, 0) is 112 Å². The number of carboxylic acids is 1. The molecule has 1 aliphatic rings. The molecule has 1 saturated heterocycles. The zero-order chi connectivity index (χ0) is 71.8. The number of aliphatic imine (C=N–C) groups is 1. The normalized spacial score (nSPS) is 15.9. The third-order valence-electron chi connectivity index (χ3n) is 15.9. The number of aliphatic hydroxyl groups excluding tert-OH is 1. The van der Waals surface area contributed by atoms with Crippen molar-refractivity contribution in [1.29, 1.82) is 0 Å². The average molecular weight is 1350 g/mol. The summed E-state index contributed by atoms with van der Waals surface area (Å²) in [5, 5.41) is 65.7. The molecule has 1 aliphatic heterocycles. The summed E-state index contributed by atoms with van der Waals surface area (Å²) in [6.07, 6.45) is 2.05. The number of guanidine groups is 1. The van der Waals surface area contributed by atoms with E-state index < -0.39 is 156 Å². The molecule has 0 saturated carbocycles. The van der Waals surface area contributed by atoms with Gasteiger partial charge in [0, 0.05) is 49.5 Å². The first-order valence-corrected chi connectivity index (χ1v) is 31.9. The van der Waals surface area contributed by atoms with Crippen LogP contribution in [0.5, 0.6) is 11.5 Å². The van der Waals surface area contributed by atoms with Gasteiger partial charge in [-0.3, -0.25) is 57.7 Å². The molecule has 0 aliphatic carbocycles. The second-order valence-corrected chi connectivity index (χ2v) is 24.7. The standard InChI is InChI=1S/C65H92N16O16/c1-33(2)26-47(78-60(92)49(77-57(89)44(66)32-82)29-40-30-70-45-13-9-8-12-43(40)45)58(90)73-36(6)55(87)79-50(28-39-18-22-42(84)23-19-39)63(95)81-25-11-15-51(81)61(93)71-31-52(85)72-35(5)56(88)80-53(34(3)4)62(94)74-37(7)54(86)76-48(27-38-16-20-41(83)21-17-38)59(91)75-46(64(96)97)14-10-24-69-65(67)68/h8-9,12-13,16-23,30,33-37,44,46-51,53,70,82-84H,10-11,14-15,24-29,31-32,66H2,1-7H3,(H,71,93)(H,72,85)(H,73,90)(H,74,94)(H,75,91)(H,76,86)(H,77,89)(H,78,92)(H,79,87)(H,80,88)(H,96,97)(H4,67,68,69)/t35-,36-,37-,44-,46-,47-,48-,49-,50-,51-,53-/m0/s1. The number of fused-ring (bicyclic) bond motifs is 1. The van der Waals surface area contributed by atoms with Gasteiger partial charge in [-0.2, -0.15) is 0 Å². The Labute approximate surface area is 560 Å². The van der Waals surface area contributed by atoms with E-state index >= 15 is 0 Å². The Morgan fingerprint density at radius 1 is 0.598 bits per heavy atom. The van der Waals surface area contributed by atoms with Crippen LogP contribution in [0.4, 0.5) is 0 Å². The van der Waals surface area contributed by atoms with Crippen molar-refractivity contribution in [2.75, 3.05) is 26.2 Å². The van der Waals surface area contributed by atoms with E-state index in [0.29, 0.717) is 23.1 Å². The summed E-state index contributed by atoms with van der Waals surface area (Å²) in [7, 11) is 0. The quantitative estimate of drug-likeness (QED) is 0.0125. The van der Waals surface area contributed by atoms with Gasteiger partial charge in [0.25, 0.3) is 0 Å². The van der Waals surface area contributed by atoms with Gasteiger partial charge >= 0.3 is 5.97 Å². The highest BCUT2D eigenvalue weighted by Crippen LogP contribution is 2.23. The Hall–Kier alpha value is -10.4. The summed E-state index contributed by atoms with van der Waals surface area (Å²) >= 11 is 0. The first kappa shape index (κ1) is 77.3. The average Bonchev–Trinajstić information content (AvgIpc) is 1.74. The minimum atomic E-state index is -1.40. The van der Waals surface area contributed by atoms with Crippen LogP contribution in [0.2, 0.25) is 0 Å². The maximum absolute atomic E-state index is 14.6.